The highest BCUT2D eigenvalue weighted by molar-refractivity contribution is 6.31. The Labute approximate surface area is 159 Å². The van der Waals surface area contributed by atoms with Crippen LogP contribution in [0.2, 0.25) is 5.02 Å². The molecular weight excluding hydrogens is 353 g/mol. The molecule has 1 aliphatic heterocycles. The molecule has 0 aliphatic carbocycles. The van der Waals surface area contributed by atoms with Gasteiger partial charge < -0.3 is 10.2 Å². The van der Waals surface area contributed by atoms with E-state index in [1.807, 2.05) is 6.07 Å². The van der Waals surface area contributed by atoms with Crippen molar-refractivity contribution >= 4 is 17.5 Å². The van der Waals surface area contributed by atoms with Gasteiger partial charge in [0.1, 0.15) is 5.82 Å². The predicted molar refractivity (Wildman–Crippen MR) is 103 cm³/mol. The lowest BCUT2D eigenvalue weighted by atomic mass is 10.1. The first-order valence-corrected chi connectivity index (χ1v) is 9.50. The number of rotatable bonds is 8. The van der Waals surface area contributed by atoms with Crippen molar-refractivity contribution in [3.63, 3.8) is 0 Å². The number of halogens is 2. The minimum atomic E-state index is -0.210. The Balaban J connectivity index is 1.28. The standard InChI is InChI=1S/C19H25ClFN5/c20-17-5-1-6-18(21)16(17)4-2-7-22-10-11-25-12-14-26(15-13-25)19-23-8-3-9-24-19/h1,3,5-6,8-9,22H,2,4,7,10-15H2. The molecule has 1 aliphatic rings. The first kappa shape index (κ1) is 19.0. The maximum atomic E-state index is 13.7. The summed E-state index contributed by atoms with van der Waals surface area (Å²) in [6.45, 7) is 6.76. The number of nitrogens with one attached hydrogen (secondary N) is 1. The number of benzene rings is 1. The van der Waals surface area contributed by atoms with Crippen LogP contribution in [0.3, 0.4) is 0 Å². The maximum absolute atomic E-state index is 13.7. The molecule has 1 fully saturated rings. The van der Waals surface area contributed by atoms with E-state index in [-0.39, 0.29) is 5.82 Å². The van der Waals surface area contributed by atoms with Gasteiger partial charge in [-0.3, -0.25) is 4.90 Å². The first-order valence-electron chi connectivity index (χ1n) is 9.12. The van der Waals surface area contributed by atoms with E-state index in [4.69, 9.17) is 11.6 Å². The Morgan fingerprint density at radius 3 is 2.54 bits per heavy atom. The summed E-state index contributed by atoms with van der Waals surface area (Å²) in [6, 6.07) is 6.69. The van der Waals surface area contributed by atoms with Crippen molar-refractivity contribution in [2.75, 3.05) is 50.7 Å². The average Bonchev–Trinajstić information content (AvgIpc) is 2.67. The monoisotopic (exact) mass is 377 g/mol. The molecule has 2 heterocycles. The van der Waals surface area contributed by atoms with Crippen LogP contribution in [0.4, 0.5) is 10.3 Å². The third-order valence-corrected chi connectivity index (χ3v) is 5.01. The summed E-state index contributed by atoms with van der Waals surface area (Å²) in [5.74, 6) is 0.606. The molecule has 7 heteroatoms. The van der Waals surface area contributed by atoms with Crippen molar-refractivity contribution in [3.05, 3.63) is 53.1 Å². The van der Waals surface area contributed by atoms with Crippen molar-refractivity contribution < 1.29 is 4.39 Å². The molecule has 1 saturated heterocycles. The Hall–Kier alpha value is -1.76. The zero-order chi connectivity index (χ0) is 18.2. The third-order valence-electron chi connectivity index (χ3n) is 4.65. The van der Waals surface area contributed by atoms with Crippen LogP contribution in [0.15, 0.2) is 36.7 Å². The van der Waals surface area contributed by atoms with Gasteiger partial charge in [0.05, 0.1) is 0 Å². The van der Waals surface area contributed by atoms with Crippen LogP contribution < -0.4 is 10.2 Å². The minimum absolute atomic E-state index is 0.210. The zero-order valence-corrected chi connectivity index (χ0v) is 15.6. The summed E-state index contributed by atoms with van der Waals surface area (Å²) in [6.07, 6.45) is 5.11. The second-order valence-corrected chi connectivity index (χ2v) is 6.84. The van der Waals surface area contributed by atoms with Gasteiger partial charge in [-0.1, -0.05) is 17.7 Å². The SMILES string of the molecule is Fc1cccc(Cl)c1CCCNCCN1CCN(c2ncccn2)CC1. The van der Waals surface area contributed by atoms with Gasteiger partial charge in [0.25, 0.3) is 0 Å². The molecule has 0 spiro atoms. The average molecular weight is 378 g/mol. The van der Waals surface area contributed by atoms with Crippen molar-refractivity contribution in [3.8, 4) is 0 Å². The first-order chi connectivity index (χ1) is 12.7. The highest BCUT2D eigenvalue weighted by Crippen LogP contribution is 2.20. The smallest absolute Gasteiger partial charge is 0.225 e. The number of piperazine rings is 1. The van der Waals surface area contributed by atoms with E-state index in [0.29, 0.717) is 17.0 Å². The number of aromatic nitrogens is 2. The molecule has 2 aromatic rings. The van der Waals surface area contributed by atoms with Gasteiger partial charge in [-0.2, -0.15) is 0 Å². The van der Waals surface area contributed by atoms with E-state index >= 15 is 0 Å². The predicted octanol–water partition coefficient (Wildman–Crippen LogP) is 2.61. The van der Waals surface area contributed by atoms with Crippen LogP contribution in [0.5, 0.6) is 0 Å². The van der Waals surface area contributed by atoms with Gasteiger partial charge in [0, 0.05) is 62.2 Å². The summed E-state index contributed by atoms with van der Waals surface area (Å²) in [4.78, 5) is 13.3. The largest absolute Gasteiger partial charge is 0.338 e. The van der Waals surface area contributed by atoms with E-state index < -0.39 is 0 Å². The molecule has 0 atom stereocenters. The van der Waals surface area contributed by atoms with Crippen LogP contribution >= 0.6 is 11.6 Å². The van der Waals surface area contributed by atoms with E-state index in [2.05, 4.69) is 25.1 Å². The molecule has 26 heavy (non-hydrogen) atoms. The molecule has 0 unspecified atom stereocenters. The molecule has 0 bridgehead atoms. The van der Waals surface area contributed by atoms with Crippen molar-refractivity contribution in [1.29, 1.82) is 0 Å². The molecule has 3 rings (SSSR count). The van der Waals surface area contributed by atoms with Crippen molar-refractivity contribution in [2.45, 2.75) is 12.8 Å². The Morgan fingerprint density at radius 2 is 1.81 bits per heavy atom. The van der Waals surface area contributed by atoms with Crippen molar-refractivity contribution in [2.24, 2.45) is 0 Å². The van der Waals surface area contributed by atoms with E-state index in [1.165, 1.54) is 6.07 Å². The highest BCUT2D eigenvalue weighted by atomic mass is 35.5. The highest BCUT2D eigenvalue weighted by Gasteiger charge is 2.18. The van der Waals surface area contributed by atoms with Crippen LogP contribution in [0.25, 0.3) is 0 Å². The fraction of sp³-hybridized carbons (Fsp3) is 0.474. The Bertz CT molecular complexity index is 657. The summed E-state index contributed by atoms with van der Waals surface area (Å²) < 4.78 is 13.7. The van der Waals surface area contributed by atoms with Gasteiger partial charge in [-0.25, -0.2) is 14.4 Å². The van der Waals surface area contributed by atoms with E-state index in [0.717, 1.165) is 58.2 Å². The summed E-state index contributed by atoms with van der Waals surface area (Å²) in [5, 5.41) is 3.96. The topological polar surface area (TPSA) is 44.3 Å². The lowest BCUT2D eigenvalue weighted by molar-refractivity contribution is 0.256. The normalized spacial score (nSPS) is 15.4. The molecular formula is C19H25ClFN5. The lowest BCUT2D eigenvalue weighted by Gasteiger charge is -2.34. The second kappa shape index (κ2) is 9.80. The van der Waals surface area contributed by atoms with Gasteiger partial charge in [-0.05, 0) is 37.6 Å². The number of hydrogen-bond acceptors (Lipinski definition) is 5. The van der Waals surface area contributed by atoms with Gasteiger partial charge >= 0.3 is 0 Å². The molecule has 0 amide bonds. The summed E-state index contributed by atoms with van der Waals surface area (Å²) in [5.41, 5.74) is 0.621. The van der Waals surface area contributed by atoms with Gasteiger partial charge in [0.2, 0.25) is 5.95 Å². The molecule has 1 aromatic carbocycles. The van der Waals surface area contributed by atoms with Gasteiger partial charge in [0.15, 0.2) is 0 Å². The van der Waals surface area contributed by atoms with Crippen LogP contribution in [-0.2, 0) is 6.42 Å². The zero-order valence-electron chi connectivity index (χ0n) is 14.9. The molecule has 140 valence electrons. The van der Waals surface area contributed by atoms with E-state index in [9.17, 15) is 4.39 Å². The number of anilines is 1. The molecule has 5 nitrogen and oxygen atoms in total. The maximum Gasteiger partial charge on any atom is 0.225 e. The number of hydrogen-bond donors (Lipinski definition) is 1. The van der Waals surface area contributed by atoms with Crippen molar-refractivity contribution in [1.82, 2.24) is 20.2 Å². The summed E-state index contributed by atoms with van der Waals surface area (Å²) >= 11 is 6.05. The molecule has 0 radical (unpaired) electrons. The van der Waals surface area contributed by atoms with Crippen LogP contribution in [0, 0.1) is 5.82 Å². The molecule has 1 aromatic heterocycles. The minimum Gasteiger partial charge on any atom is -0.338 e. The number of nitrogens with zero attached hydrogens (tertiary/aromatic N) is 4. The van der Waals surface area contributed by atoms with Crippen LogP contribution in [0.1, 0.15) is 12.0 Å². The Morgan fingerprint density at radius 1 is 1.04 bits per heavy atom. The van der Waals surface area contributed by atoms with E-state index in [1.54, 1.807) is 24.5 Å². The lowest BCUT2D eigenvalue weighted by Crippen LogP contribution is -2.48. The van der Waals surface area contributed by atoms with Crippen LogP contribution in [-0.4, -0.2) is 60.7 Å². The Kier molecular flexibility index (Phi) is 7.17. The second-order valence-electron chi connectivity index (χ2n) is 6.43. The fourth-order valence-electron chi connectivity index (χ4n) is 3.15. The fourth-order valence-corrected chi connectivity index (χ4v) is 3.41. The third kappa shape index (κ3) is 5.37. The molecule has 1 N–H and O–H groups in total. The quantitative estimate of drug-likeness (QED) is 0.716. The summed E-state index contributed by atoms with van der Waals surface area (Å²) in [7, 11) is 0. The van der Waals surface area contributed by atoms with Gasteiger partial charge in [-0.15, -0.1) is 0 Å². The molecule has 0 saturated carbocycles.